The number of fused-ring (bicyclic) bond motifs is 3. The maximum absolute atomic E-state index is 6.09. The highest BCUT2D eigenvalue weighted by Crippen LogP contribution is 2.31. The fraction of sp³-hybridized carbons (Fsp3) is 0.214. The van der Waals surface area contributed by atoms with E-state index < -0.39 is 0 Å². The quantitative estimate of drug-likeness (QED) is 0.638. The number of halogens is 1. The summed E-state index contributed by atoms with van der Waals surface area (Å²) in [4.78, 5) is 7.82. The van der Waals surface area contributed by atoms with Gasteiger partial charge >= 0.3 is 0 Å². The first kappa shape index (κ1) is 10.6. The molecule has 0 aliphatic rings. The number of H-pyrrole nitrogens is 1. The molecule has 0 amide bonds. The van der Waals surface area contributed by atoms with Crippen molar-refractivity contribution in [2.24, 2.45) is 0 Å². The zero-order valence-corrected chi connectivity index (χ0v) is 10.6. The van der Waals surface area contributed by atoms with Crippen molar-refractivity contribution in [3.05, 3.63) is 40.7 Å². The van der Waals surface area contributed by atoms with Crippen LogP contribution in [0.1, 0.15) is 18.2 Å². The molecule has 0 aliphatic heterocycles. The molecule has 0 unspecified atom stereocenters. The second-order valence-electron chi connectivity index (χ2n) is 4.29. The zero-order valence-electron chi connectivity index (χ0n) is 9.84. The highest BCUT2D eigenvalue weighted by molar-refractivity contribution is 6.30. The number of aromatic amines is 1. The fourth-order valence-electron chi connectivity index (χ4n) is 2.42. The van der Waals surface area contributed by atoms with Gasteiger partial charge in [-0.05, 0) is 31.0 Å². The van der Waals surface area contributed by atoms with Gasteiger partial charge in [0.1, 0.15) is 5.15 Å². The molecular weight excluding hydrogens is 232 g/mol. The lowest BCUT2D eigenvalue weighted by atomic mass is 10.1. The molecule has 0 fully saturated rings. The van der Waals surface area contributed by atoms with E-state index in [0.29, 0.717) is 5.15 Å². The number of pyridine rings is 1. The predicted molar refractivity (Wildman–Crippen MR) is 72.7 cm³/mol. The summed E-state index contributed by atoms with van der Waals surface area (Å²) < 4.78 is 0. The summed E-state index contributed by atoms with van der Waals surface area (Å²) in [7, 11) is 0. The van der Waals surface area contributed by atoms with Gasteiger partial charge in [0.2, 0.25) is 0 Å². The zero-order chi connectivity index (χ0) is 12.0. The fourth-order valence-corrected chi connectivity index (χ4v) is 2.63. The smallest absolute Gasteiger partial charge is 0.130 e. The van der Waals surface area contributed by atoms with Crippen LogP contribution in [0.2, 0.25) is 5.15 Å². The van der Waals surface area contributed by atoms with E-state index in [9.17, 15) is 0 Å². The van der Waals surface area contributed by atoms with E-state index in [4.69, 9.17) is 11.6 Å². The molecule has 0 radical (unpaired) electrons. The first-order valence-electron chi connectivity index (χ1n) is 5.77. The molecule has 1 N–H and O–H groups in total. The van der Waals surface area contributed by atoms with Crippen molar-refractivity contribution in [2.45, 2.75) is 20.3 Å². The van der Waals surface area contributed by atoms with E-state index in [1.165, 1.54) is 16.3 Å². The Bertz CT molecular complexity index is 713. The molecule has 0 aliphatic carbocycles. The van der Waals surface area contributed by atoms with Gasteiger partial charge < -0.3 is 4.98 Å². The van der Waals surface area contributed by atoms with Crippen molar-refractivity contribution in [1.29, 1.82) is 0 Å². The van der Waals surface area contributed by atoms with E-state index in [0.717, 1.165) is 23.1 Å². The normalized spacial score (nSPS) is 11.5. The van der Waals surface area contributed by atoms with Crippen LogP contribution in [-0.4, -0.2) is 9.97 Å². The summed E-state index contributed by atoms with van der Waals surface area (Å²) in [6, 6.07) is 8.22. The van der Waals surface area contributed by atoms with Crippen LogP contribution in [0.3, 0.4) is 0 Å². The summed E-state index contributed by atoms with van der Waals surface area (Å²) in [5.41, 5.74) is 4.56. The Morgan fingerprint density at radius 1 is 1.35 bits per heavy atom. The van der Waals surface area contributed by atoms with Crippen molar-refractivity contribution in [3.63, 3.8) is 0 Å². The second-order valence-corrected chi connectivity index (χ2v) is 4.68. The first-order valence-corrected chi connectivity index (χ1v) is 6.15. The molecule has 0 spiro atoms. The number of aryl methyl sites for hydroxylation is 2. The van der Waals surface area contributed by atoms with Crippen LogP contribution < -0.4 is 0 Å². The maximum Gasteiger partial charge on any atom is 0.130 e. The molecule has 86 valence electrons. The molecule has 3 rings (SSSR count). The molecule has 2 aromatic heterocycles. The summed E-state index contributed by atoms with van der Waals surface area (Å²) in [6.07, 6.45) is 0.878. The summed E-state index contributed by atoms with van der Waals surface area (Å²) in [6.45, 7) is 4.21. The van der Waals surface area contributed by atoms with Crippen LogP contribution >= 0.6 is 11.6 Å². The molecule has 1 aromatic carbocycles. The second kappa shape index (κ2) is 3.74. The Labute approximate surface area is 105 Å². The van der Waals surface area contributed by atoms with Crippen LogP contribution in [0.15, 0.2) is 24.3 Å². The molecule has 0 bridgehead atoms. The molecule has 3 heteroatoms. The standard InChI is InChI=1S/C14H13ClN2/c1-3-10-14-9(7-12(15)16-10)13-8(2)5-4-6-11(13)17-14/h4-7,17H,3H2,1-2H3. The van der Waals surface area contributed by atoms with Gasteiger partial charge in [-0.3, -0.25) is 0 Å². The van der Waals surface area contributed by atoms with Gasteiger partial charge in [0.15, 0.2) is 0 Å². The van der Waals surface area contributed by atoms with Crippen LogP contribution in [-0.2, 0) is 6.42 Å². The molecule has 2 heterocycles. The lowest BCUT2D eigenvalue weighted by molar-refractivity contribution is 1.05. The Morgan fingerprint density at radius 2 is 2.18 bits per heavy atom. The number of nitrogens with zero attached hydrogens (tertiary/aromatic N) is 1. The molecule has 0 saturated heterocycles. The Kier molecular flexibility index (Phi) is 2.33. The monoisotopic (exact) mass is 244 g/mol. The minimum absolute atomic E-state index is 0.568. The number of hydrogen-bond acceptors (Lipinski definition) is 1. The third-order valence-corrected chi connectivity index (χ3v) is 3.39. The molecule has 0 atom stereocenters. The van der Waals surface area contributed by atoms with E-state index in [2.05, 4.69) is 42.0 Å². The number of benzene rings is 1. The minimum Gasteiger partial charge on any atom is -0.353 e. The van der Waals surface area contributed by atoms with E-state index in [1.807, 2.05) is 6.07 Å². The van der Waals surface area contributed by atoms with E-state index in [1.54, 1.807) is 0 Å². The van der Waals surface area contributed by atoms with Gasteiger partial charge in [-0.1, -0.05) is 30.7 Å². The number of hydrogen-bond donors (Lipinski definition) is 1. The van der Waals surface area contributed by atoms with Crippen LogP contribution in [0.5, 0.6) is 0 Å². The maximum atomic E-state index is 6.09. The van der Waals surface area contributed by atoms with Crippen LogP contribution in [0, 0.1) is 6.92 Å². The average molecular weight is 245 g/mol. The van der Waals surface area contributed by atoms with E-state index >= 15 is 0 Å². The third-order valence-electron chi connectivity index (χ3n) is 3.20. The largest absolute Gasteiger partial charge is 0.353 e. The molecule has 17 heavy (non-hydrogen) atoms. The average Bonchev–Trinajstić information content (AvgIpc) is 2.67. The van der Waals surface area contributed by atoms with Gasteiger partial charge in [-0.15, -0.1) is 0 Å². The lowest BCUT2D eigenvalue weighted by Crippen LogP contribution is -1.89. The van der Waals surface area contributed by atoms with Gasteiger partial charge in [0.25, 0.3) is 0 Å². The van der Waals surface area contributed by atoms with Crippen molar-refractivity contribution < 1.29 is 0 Å². The van der Waals surface area contributed by atoms with Gasteiger partial charge in [-0.25, -0.2) is 4.98 Å². The van der Waals surface area contributed by atoms with Gasteiger partial charge in [-0.2, -0.15) is 0 Å². The Balaban J connectivity index is 2.57. The van der Waals surface area contributed by atoms with E-state index in [-0.39, 0.29) is 0 Å². The van der Waals surface area contributed by atoms with Crippen molar-refractivity contribution in [3.8, 4) is 0 Å². The Hall–Kier alpha value is -1.54. The van der Waals surface area contributed by atoms with Crippen molar-refractivity contribution in [2.75, 3.05) is 0 Å². The van der Waals surface area contributed by atoms with Crippen LogP contribution in [0.25, 0.3) is 21.8 Å². The number of rotatable bonds is 1. The highest BCUT2D eigenvalue weighted by atomic mass is 35.5. The van der Waals surface area contributed by atoms with Crippen molar-refractivity contribution in [1.82, 2.24) is 9.97 Å². The topological polar surface area (TPSA) is 28.7 Å². The lowest BCUT2D eigenvalue weighted by Gasteiger charge is -2.00. The first-order chi connectivity index (χ1) is 8.20. The third kappa shape index (κ3) is 1.52. The molecule has 0 saturated carbocycles. The number of aromatic nitrogens is 2. The van der Waals surface area contributed by atoms with Gasteiger partial charge in [0, 0.05) is 16.3 Å². The molecule has 2 nitrogen and oxygen atoms in total. The Morgan fingerprint density at radius 3 is 2.94 bits per heavy atom. The molecule has 3 aromatic rings. The highest BCUT2D eigenvalue weighted by Gasteiger charge is 2.11. The number of nitrogens with one attached hydrogen (secondary N) is 1. The van der Waals surface area contributed by atoms with Crippen LogP contribution in [0.4, 0.5) is 0 Å². The van der Waals surface area contributed by atoms with Gasteiger partial charge in [0.05, 0.1) is 11.2 Å². The SMILES string of the molecule is CCc1nc(Cl)cc2c1[nH]c1cccc(C)c12. The summed E-state index contributed by atoms with van der Waals surface area (Å²) >= 11 is 6.09. The summed E-state index contributed by atoms with van der Waals surface area (Å²) in [5.74, 6) is 0. The van der Waals surface area contributed by atoms with Crippen molar-refractivity contribution >= 4 is 33.4 Å². The predicted octanol–water partition coefficient (Wildman–Crippen LogP) is 4.24. The molecular formula is C14H13ClN2. The minimum atomic E-state index is 0.568. The summed E-state index contributed by atoms with van der Waals surface area (Å²) in [5, 5.41) is 3.00.